The van der Waals surface area contributed by atoms with Gasteiger partial charge in [0.25, 0.3) is 5.91 Å². The molecule has 1 aliphatic heterocycles. The van der Waals surface area contributed by atoms with Crippen molar-refractivity contribution in [1.82, 2.24) is 24.8 Å². The van der Waals surface area contributed by atoms with Crippen LogP contribution in [-0.2, 0) is 4.79 Å². The van der Waals surface area contributed by atoms with E-state index >= 15 is 8.78 Å². The number of rotatable bonds is 7. The number of hydrogen-bond acceptors (Lipinski definition) is 8. The van der Waals surface area contributed by atoms with E-state index < -0.39 is 40.6 Å². The average Bonchev–Trinajstić information content (AvgIpc) is 3.04. The number of nitrogens with zero attached hydrogens (tertiary/aromatic N) is 6. The van der Waals surface area contributed by atoms with Crippen molar-refractivity contribution in [3.8, 4) is 28.8 Å². The van der Waals surface area contributed by atoms with Crippen LogP contribution in [0.3, 0.4) is 0 Å². The summed E-state index contributed by atoms with van der Waals surface area (Å²) in [5.41, 5.74) is 1.41. The average molecular weight is 658 g/mol. The standard InChI is InChI=1S/C34H33F2N7O3S/c1-6-25(45)42-15-14-41(17-20(42)10-12-37)31-21-16-23(36)29(26-22(35)8-7-9-24(26)44)40-32(21)43(34(47)27(31)33(46)38-5)30-19(4)11-13-39-28(30)18(2)3/h6-9,11,13,16,18,20,44H,1,10,14-15,17H2,2-5H3,(H,38,46)/t20-/m0/s1. The number of aryl methyl sites for hydroxylation is 1. The second-order valence-electron chi connectivity index (χ2n) is 11.5. The number of phenolic OH excluding ortho intramolecular Hbond substituents is 1. The number of halogens is 2. The molecular weight excluding hydrogens is 624 g/mol. The topological polar surface area (TPSA) is 127 Å². The fourth-order valence-electron chi connectivity index (χ4n) is 6.09. The highest BCUT2D eigenvalue weighted by molar-refractivity contribution is 7.71. The van der Waals surface area contributed by atoms with Crippen LogP contribution >= 0.6 is 12.2 Å². The molecule has 0 unspecified atom stereocenters. The van der Waals surface area contributed by atoms with Crippen molar-refractivity contribution in [2.75, 3.05) is 31.6 Å². The van der Waals surface area contributed by atoms with Gasteiger partial charge in [0.2, 0.25) is 5.91 Å². The van der Waals surface area contributed by atoms with Crippen molar-refractivity contribution in [2.24, 2.45) is 0 Å². The van der Waals surface area contributed by atoms with E-state index in [4.69, 9.17) is 12.2 Å². The molecular formula is C34H33F2N7O3S. The van der Waals surface area contributed by atoms with Crippen LogP contribution < -0.4 is 10.2 Å². The van der Waals surface area contributed by atoms with Gasteiger partial charge in [-0.1, -0.05) is 38.7 Å². The molecule has 2 N–H and O–H groups in total. The van der Waals surface area contributed by atoms with E-state index in [1.165, 1.54) is 30.2 Å². The molecule has 5 rings (SSSR count). The Morgan fingerprint density at radius 1 is 1.23 bits per heavy atom. The lowest BCUT2D eigenvalue weighted by atomic mass is 10.0. The third kappa shape index (κ3) is 5.81. The van der Waals surface area contributed by atoms with Crippen LogP contribution in [0.25, 0.3) is 28.0 Å². The van der Waals surface area contributed by atoms with Crippen LogP contribution in [0.15, 0.2) is 49.2 Å². The number of carbonyl (C=O) groups is 2. The van der Waals surface area contributed by atoms with Gasteiger partial charge in [0.1, 0.15) is 27.5 Å². The number of aromatic nitrogens is 3. The van der Waals surface area contributed by atoms with Gasteiger partial charge >= 0.3 is 0 Å². The maximum absolute atomic E-state index is 16.2. The van der Waals surface area contributed by atoms with Crippen LogP contribution in [0.4, 0.5) is 14.5 Å². The van der Waals surface area contributed by atoms with E-state index in [0.717, 1.165) is 17.7 Å². The monoisotopic (exact) mass is 657 g/mol. The minimum absolute atomic E-state index is 0.00711. The molecule has 1 atom stereocenters. The Morgan fingerprint density at radius 3 is 2.62 bits per heavy atom. The Labute approximate surface area is 275 Å². The van der Waals surface area contributed by atoms with Gasteiger partial charge in [-0.2, -0.15) is 5.26 Å². The first kappa shape index (κ1) is 33.2. The molecule has 3 aromatic heterocycles. The van der Waals surface area contributed by atoms with E-state index in [2.05, 4.69) is 27.9 Å². The lowest BCUT2D eigenvalue weighted by Gasteiger charge is -2.42. The molecule has 242 valence electrons. The largest absolute Gasteiger partial charge is 0.507 e. The molecule has 0 aliphatic carbocycles. The number of nitrogens with one attached hydrogen (secondary N) is 1. The molecule has 0 saturated carbocycles. The van der Waals surface area contributed by atoms with Crippen molar-refractivity contribution < 1.29 is 23.5 Å². The summed E-state index contributed by atoms with van der Waals surface area (Å²) in [6, 6.07) is 8.09. The normalized spacial score (nSPS) is 14.7. The zero-order valence-electron chi connectivity index (χ0n) is 26.3. The molecule has 1 aliphatic rings. The molecule has 4 heterocycles. The van der Waals surface area contributed by atoms with Crippen molar-refractivity contribution in [2.45, 2.75) is 39.2 Å². The van der Waals surface area contributed by atoms with Crippen LogP contribution in [0.5, 0.6) is 5.75 Å². The summed E-state index contributed by atoms with van der Waals surface area (Å²) in [6.45, 7) is 9.82. The lowest BCUT2D eigenvalue weighted by Crippen LogP contribution is -2.55. The number of anilines is 1. The first-order chi connectivity index (χ1) is 22.4. The summed E-state index contributed by atoms with van der Waals surface area (Å²) in [5.74, 6) is -3.34. The molecule has 0 spiro atoms. The molecule has 1 saturated heterocycles. The van der Waals surface area contributed by atoms with Gasteiger partial charge in [0, 0.05) is 38.3 Å². The van der Waals surface area contributed by atoms with Crippen LogP contribution in [0.2, 0.25) is 0 Å². The zero-order valence-corrected chi connectivity index (χ0v) is 27.2. The van der Waals surface area contributed by atoms with Crippen molar-refractivity contribution >= 4 is 40.8 Å². The fourth-order valence-corrected chi connectivity index (χ4v) is 6.45. The first-order valence-electron chi connectivity index (χ1n) is 14.9. The number of benzene rings is 1. The highest BCUT2D eigenvalue weighted by Crippen LogP contribution is 2.40. The number of carbonyl (C=O) groups excluding carboxylic acids is 2. The van der Waals surface area contributed by atoms with Gasteiger partial charge in [-0.05, 0) is 48.7 Å². The van der Waals surface area contributed by atoms with E-state index in [0.29, 0.717) is 11.4 Å². The number of piperazine rings is 1. The molecule has 0 bridgehead atoms. The quantitative estimate of drug-likeness (QED) is 0.191. The fraction of sp³-hybridized carbons (Fsp3) is 0.294. The predicted octanol–water partition coefficient (Wildman–Crippen LogP) is 5.71. The molecule has 1 fully saturated rings. The molecule has 47 heavy (non-hydrogen) atoms. The lowest BCUT2D eigenvalue weighted by molar-refractivity contribution is -0.128. The Bertz CT molecular complexity index is 2020. The van der Waals surface area contributed by atoms with Crippen molar-refractivity contribution in [3.05, 3.63) is 82.3 Å². The second-order valence-corrected chi connectivity index (χ2v) is 11.9. The summed E-state index contributed by atoms with van der Waals surface area (Å²) in [7, 11) is 1.45. The van der Waals surface area contributed by atoms with Gasteiger partial charge in [-0.25, -0.2) is 13.8 Å². The maximum atomic E-state index is 16.2. The van der Waals surface area contributed by atoms with E-state index in [9.17, 15) is 20.0 Å². The molecule has 10 nitrogen and oxygen atoms in total. The summed E-state index contributed by atoms with van der Waals surface area (Å²) in [5, 5.41) is 23.0. The number of fused-ring (bicyclic) bond motifs is 1. The van der Waals surface area contributed by atoms with Crippen LogP contribution in [-0.4, -0.2) is 69.1 Å². The molecule has 2 amide bonds. The number of hydrogen-bond donors (Lipinski definition) is 2. The van der Waals surface area contributed by atoms with Gasteiger partial charge in [0.05, 0.1) is 46.7 Å². The highest BCUT2D eigenvalue weighted by atomic mass is 32.1. The number of aromatic hydroxyl groups is 1. The first-order valence-corrected chi connectivity index (χ1v) is 15.4. The van der Waals surface area contributed by atoms with Gasteiger partial charge in [-0.15, -0.1) is 0 Å². The van der Waals surface area contributed by atoms with Gasteiger partial charge in [0.15, 0.2) is 5.82 Å². The van der Waals surface area contributed by atoms with Gasteiger partial charge in [-0.3, -0.25) is 19.1 Å². The van der Waals surface area contributed by atoms with Crippen molar-refractivity contribution in [1.29, 1.82) is 5.26 Å². The summed E-state index contributed by atoms with van der Waals surface area (Å²) in [6.07, 6.45) is 2.83. The molecule has 4 aromatic rings. The number of pyridine rings is 3. The Kier molecular flexibility index (Phi) is 9.35. The van der Waals surface area contributed by atoms with Gasteiger partial charge < -0.3 is 20.2 Å². The summed E-state index contributed by atoms with van der Waals surface area (Å²) >= 11 is 6.08. The number of phenols is 1. The maximum Gasteiger partial charge on any atom is 0.256 e. The SMILES string of the molecule is C=CC(=O)N1CCN(c2c(C(=O)NC)c(=S)n(-c3c(C)ccnc3C(C)C)c3nc(-c4c(O)cccc4F)c(F)cc23)C[C@@H]1CC#N. The minimum Gasteiger partial charge on any atom is -0.507 e. The number of nitriles is 1. The third-order valence-corrected chi connectivity index (χ3v) is 8.65. The molecule has 0 radical (unpaired) electrons. The zero-order chi connectivity index (χ0) is 34.2. The Hall–Kier alpha value is -5.22. The molecule has 1 aromatic carbocycles. The smallest absolute Gasteiger partial charge is 0.256 e. The number of amides is 2. The second kappa shape index (κ2) is 13.3. The van der Waals surface area contributed by atoms with Crippen LogP contribution in [0, 0.1) is 34.5 Å². The Balaban J connectivity index is 1.95. The molecule has 13 heteroatoms. The predicted molar refractivity (Wildman–Crippen MR) is 177 cm³/mol. The highest BCUT2D eigenvalue weighted by Gasteiger charge is 2.34. The summed E-state index contributed by atoms with van der Waals surface area (Å²) < 4.78 is 33.0. The van der Waals surface area contributed by atoms with Crippen LogP contribution in [0.1, 0.15) is 47.8 Å². The third-order valence-electron chi connectivity index (χ3n) is 8.27. The Morgan fingerprint density at radius 2 is 1.98 bits per heavy atom. The van der Waals surface area contributed by atoms with E-state index in [1.54, 1.807) is 21.7 Å². The van der Waals surface area contributed by atoms with E-state index in [1.807, 2.05) is 20.8 Å². The summed E-state index contributed by atoms with van der Waals surface area (Å²) in [4.78, 5) is 39.0. The van der Waals surface area contributed by atoms with E-state index in [-0.39, 0.29) is 64.8 Å². The minimum atomic E-state index is -0.952. The van der Waals surface area contributed by atoms with Crippen molar-refractivity contribution in [3.63, 3.8) is 0 Å².